The molecule has 1 rings (SSSR count). The van der Waals surface area contributed by atoms with Gasteiger partial charge in [0.05, 0.1) is 11.2 Å². The van der Waals surface area contributed by atoms with Gasteiger partial charge in [-0.2, -0.15) is 0 Å². The summed E-state index contributed by atoms with van der Waals surface area (Å²) in [4.78, 5) is 14.2. The van der Waals surface area contributed by atoms with Gasteiger partial charge in [-0.3, -0.25) is 0 Å². The smallest absolute Gasteiger partial charge is 0.335 e. The highest BCUT2D eigenvalue weighted by Crippen LogP contribution is 2.11. The summed E-state index contributed by atoms with van der Waals surface area (Å²) in [5.74, 6) is -0.879. The van der Waals surface area contributed by atoms with Crippen LogP contribution >= 0.6 is 0 Å². The van der Waals surface area contributed by atoms with Crippen LogP contribution in [-0.2, 0) is 0 Å². The maximum absolute atomic E-state index is 10.2. The van der Waals surface area contributed by atoms with Gasteiger partial charge in [0.15, 0.2) is 0 Å². The number of carboxylic acids is 1. The summed E-state index contributed by atoms with van der Waals surface area (Å²) in [6.07, 6.45) is 0.795. The van der Waals surface area contributed by atoms with Crippen LogP contribution in [0.2, 0.25) is 0 Å². The molecule has 0 heterocycles. The van der Waals surface area contributed by atoms with Crippen molar-refractivity contribution in [3.63, 3.8) is 0 Å². The molecule has 120 valence electrons. The first-order valence-corrected chi connectivity index (χ1v) is 7.00. The second kappa shape index (κ2) is 9.50. The molecule has 5 nitrogen and oxygen atoms in total. The molecule has 0 unspecified atom stereocenters. The zero-order valence-electron chi connectivity index (χ0n) is 13.7. The summed E-state index contributed by atoms with van der Waals surface area (Å²) >= 11 is 0. The van der Waals surface area contributed by atoms with Crippen LogP contribution in [0.4, 0.5) is 0 Å². The molecule has 0 aliphatic carbocycles. The van der Waals surface area contributed by atoms with Crippen molar-refractivity contribution in [3.8, 4) is 0 Å². The minimum absolute atomic E-state index is 0.331. The fourth-order valence-corrected chi connectivity index (χ4v) is 2.03. The minimum Gasteiger partial charge on any atom is -0.478 e. The van der Waals surface area contributed by atoms with Gasteiger partial charge in [0, 0.05) is 13.1 Å². The van der Waals surface area contributed by atoms with Crippen LogP contribution in [-0.4, -0.2) is 72.9 Å². The van der Waals surface area contributed by atoms with Crippen molar-refractivity contribution in [1.29, 1.82) is 0 Å². The van der Waals surface area contributed by atoms with Gasteiger partial charge in [0.2, 0.25) is 0 Å². The van der Waals surface area contributed by atoms with E-state index in [1.54, 1.807) is 30.3 Å². The first-order valence-electron chi connectivity index (χ1n) is 7.00. The molecule has 0 aliphatic rings. The molecule has 2 N–H and O–H groups in total. The van der Waals surface area contributed by atoms with Crippen LogP contribution in [0.5, 0.6) is 0 Å². The topological polar surface area (TPSA) is 64.0 Å². The number of hydrogen-bond donors (Lipinski definition) is 2. The molecule has 21 heavy (non-hydrogen) atoms. The number of nitrogens with zero attached hydrogens (tertiary/aromatic N) is 2. The Morgan fingerprint density at radius 1 is 1.05 bits per heavy atom. The third-order valence-corrected chi connectivity index (χ3v) is 2.90. The number of carbonyl (C=O) groups is 1. The largest absolute Gasteiger partial charge is 0.478 e. The lowest BCUT2D eigenvalue weighted by Crippen LogP contribution is -2.47. The number of rotatable bonds is 6. The zero-order valence-corrected chi connectivity index (χ0v) is 13.7. The Balaban J connectivity index is 0.000000394. The monoisotopic (exact) mass is 296 g/mol. The summed E-state index contributed by atoms with van der Waals surface area (Å²) in [6, 6.07) is 8.30. The lowest BCUT2D eigenvalue weighted by atomic mass is 10.00. The number of aliphatic hydroxyl groups is 1. The second-order valence-corrected chi connectivity index (χ2v) is 5.72. The summed E-state index contributed by atoms with van der Waals surface area (Å²) in [6.45, 7) is 3.47. The standard InChI is InChI=1S/C9H22N2O.C7H6O2/c1-6-9(12,7-10(2)3)8-11(4)5;8-7(9)6-4-2-1-3-5-6/h12H,6-8H2,1-5H3;1-5H,(H,8,9). The Hall–Kier alpha value is -1.43. The van der Waals surface area contributed by atoms with Gasteiger partial charge in [-0.1, -0.05) is 25.1 Å². The van der Waals surface area contributed by atoms with Crippen molar-refractivity contribution in [1.82, 2.24) is 9.80 Å². The Bertz CT molecular complexity index is 395. The maximum Gasteiger partial charge on any atom is 0.335 e. The fraction of sp³-hybridized carbons (Fsp3) is 0.562. The molecule has 0 aromatic heterocycles. The Morgan fingerprint density at radius 3 is 1.71 bits per heavy atom. The zero-order chi connectivity index (χ0) is 16.5. The van der Waals surface area contributed by atoms with Crippen LogP contribution < -0.4 is 0 Å². The predicted molar refractivity (Wildman–Crippen MR) is 85.8 cm³/mol. The molecular formula is C16H28N2O3. The van der Waals surface area contributed by atoms with Crippen LogP contribution in [0.15, 0.2) is 30.3 Å². The molecule has 0 bridgehead atoms. The van der Waals surface area contributed by atoms with E-state index in [2.05, 4.69) is 0 Å². The lowest BCUT2D eigenvalue weighted by Gasteiger charge is -2.32. The summed E-state index contributed by atoms with van der Waals surface area (Å²) in [5.41, 5.74) is -0.231. The Kier molecular flexibility index (Phi) is 8.85. The van der Waals surface area contributed by atoms with E-state index in [0.717, 1.165) is 19.5 Å². The first-order chi connectivity index (χ1) is 9.70. The molecule has 0 amide bonds. The highest BCUT2D eigenvalue weighted by Gasteiger charge is 2.25. The maximum atomic E-state index is 10.2. The van der Waals surface area contributed by atoms with Gasteiger partial charge in [-0.05, 0) is 46.7 Å². The van der Waals surface area contributed by atoms with Crippen molar-refractivity contribution in [2.75, 3.05) is 41.3 Å². The molecule has 0 atom stereocenters. The number of aromatic carboxylic acids is 1. The average Bonchev–Trinajstić information content (AvgIpc) is 2.38. The molecule has 0 radical (unpaired) electrons. The van der Waals surface area contributed by atoms with E-state index in [-0.39, 0.29) is 0 Å². The second-order valence-electron chi connectivity index (χ2n) is 5.72. The molecule has 1 aromatic carbocycles. The van der Waals surface area contributed by atoms with Gasteiger partial charge >= 0.3 is 5.97 Å². The van der Waals surface area contributed by atoms with E-state index in [1.165, 1.54) is 0 Å². The van der Waals surface area contributed by atoms with Gasteiger partial charge in [0.25, 0.3) is 0 Å². The highest BCUT2D eigenvalue weighted by atomic mass is 16.4. The van der Waals surface area contributed by atoms with E-state index in [9.17, 15) is 9.90 Å². The number of benzene rings is 1. The molecule has 0 spiro atoms. The number of carboxylic acid groups (broad SMARTS) is 1. The van der Waals surface area contributed by atoms with E-state index >= 15 is 0 Å². The van der Waals surface area contributed by atoms with Crippen molar-refractivity contribution < 1.29 is 15.0 Å². The van der Waals surface area contributed by atoms with Gasteiger partial charge in [-0.25, -0.2) is 4.79 Å². The lowest BCUT2D eigenvalue weighted by molar-refractivity contribution is -0.00820. The van der Waals surface area contributed by atoms with Gasteiger partial charge in [-0.15, -0.1) is 0 Å². The number of hydrogen-bond acceptors (Lipinski definition) is 4. The molecule has 0 aliphatic heterocycles. The van der Waals surface area contributed by atoms with Crippen molar-refractivity contribution in [2.24, 2.45) is 0 Å². The summed E-state index contributed by atoms with van der Waals surface area (Å²) < 4.78 is 0. The van der Waals surface area contributed by atoms with Gasteiger partial charge < -0.3 is 20.0 Å². The first kappa shape index (κ1) is 19.6. The molecule has 0 saturated carbocycles. The highest BCUT2D eigenvalue weighted by molar-refractivity contribution is 5.87. The average molecular weight is 296 g/mol. The van der Waals surface area contributed by atoms with Crippen molar-refractivity contribution in [3.05, 3.63) is 35.9 Å². The van der Waals surface area contributed by atoms with Crippen LogP contribution in [0.25, 0.3) is 0 Å². The van der Waals surface area contributed by atoms with Crippen molar-refractivity contribution >= 4 is 5.97 Å². The van der Waals surface area contributed by atoms with E-state index in [0.29, 0.717) is 5.56 Å². The Morgan fingerprint density at radius 2 is 1.48 bits per heavy atom. The molecule has 0 saturated heterocycles. The molecular weight excluding hydrogens is 268 g/mol. The van der Waals surface area contributed by atoms with E-state index in [1.807, 2.05) is 44.9 Å². The van der Waals surface area contributed by atoms with Crippen LogP contribution in [0.1, 0.15) is 23.7 Å². The quantitative estimate of drug-likeness (QED) is 0.835. The summed E-state index contributed by atoms with van der Waals surface area (Å²) in [5, 5.41) is 18.5. The molecule has 5 heteroatoms. The Labute approximate surface area is 127 Å². The van der Waals surface area contributed by atoms with Gasteiger partial charge in [0.1, 0.15) is 0 Å². The van der Waals surface area contributed by atoms with E-state index < -0.39 is 11.6 Å². The van der Waals surface area contributed by atoms with Crippen LogP contribution in [0.3, 0.4) is 0 Å². The van der Waals surface area contributed by atoms with E-state index in [4.69, 9.17) is 5.11 Å². The van der Waals surface area contributed by atoms with Crippen molar-refractivity contribution in [2.45, 2.75) is 18.9 Å². The third-order valence-electron chi connectivity index (χ3n) is 2.90. The third kappa shape index (κ3) is 9.18. The normalized spacial score (nSPS) is 11.2. The predicted octanol–water partition coefficient (Wildman–Crippen LogP) is 1.64. The molecule has 1 aromatic rings. The minimum atomic E-state index is -0.879. The SMILES string of the molecule is CCC(O)(CN(C)C)CN(C)C.O=C(O)c1ccccc1. The summed E-state index contributed by atoms with van der Waals surface area (Å²) in [7, 11) is 7.93. The fourth-order valence-electron chi connectivity index (χ4n) is 2.03. The number of likely N-dealkylation sites (N-methyl/N-ethyl adjacent to an activating group) is 2. The van der Waals surface area contributed by atoms with Crippen LogP contribution in [0, 0.1) is 0 Å². The molecule has 0 fully saturated rings.